The van der Waals surface area contributed by atoms with Gasteiger partial charge in [-0.25, -0.2) is 0 Å². The van der Waals surface area contributed by atoms with E-state index in [9.17, 15) is 4.57 Å². The molecule has 0 aliphatic carbocycles. The predicted molar refractivity (Wildman–Crippen MR) is 97.1 cm³/mol. The van der Waals surface area contributed by atoms with Crippen LogP contribution in [0.1, 0.15) is 16.8 Å². The van der Waals surface area contributed by atoms with Crippen molar-refractivity contribution in [2.45, 2.75) is 5.66 Å². The van der Waals surface area contributed by atoms with Crippen molar-refractivity contribution in [3.05, 3.63) is 65.7 Å². The SMILES string of the molecule is COc1ccc(C=CC(c2ccc(OC)cc2)P(=O)(Cl)Cl)cc1. The molecule has 6 heteroatoms. The second kappa shape index (κ2) is 7.92. The number of halogens is 2. The number of rotatable bonds is 6. The molecule has 0 amide bonds. The summed E-state index contributed by atoms with van der Waals surface area (Å²) in [5.41, 5.74) is 1.12. The Morgan fingerprint density at radius 2 is 1.39 bits per heavy atom. The Labute approximate surface area is 145 Å². The highest BCUT2D eigenvalue weighted by molar-refractivity contribution is 8.08. The zero-order valence-electron chi connectivity index (χ0n) is 12.8. The standard InChI is InChI=1S/C17H17Cl2O3P/c1-21-15-8-3-13(4-9-15)5-12-17(23(18,19)20)14-6-10-16(22-2)11-7-14/h3-12,17H,1-2H3. The van der Waals surface area contributed by atoms with Crippen LogP contribution in [0, 0.1) is 0 Å². The highest BCUT2D eigenvalue weighted by atomic mass is 35.9. The van der Waals surface area contributed by atoms with Gasteiger partial charge in [-0.15, -0.1) is 0 Å². The van der Waals surface area contributed by atoms with E-state index < -0.39 is 11.5 Å². The molecule has 2 rings (SSSR count). The van der Waals surface area contributed by atoms with Gasteiger partial charge in [0.15, 0.2) is 0 Å². The summed E-state index contributed by atoms with van der Waals surface area (Å²) in [4.78, 5) is 0. The Bertz CT molecular complexity index is 706. The summed E-state index contributed by atoms with van der Waals surface area (Å²) in [6.07, 6.45) is 3.59. The van der Waals surface area contributed by atoms with Crippen molar-refractivity contribution in [2.24, 2.45) is 0 Å². The summed E-state index contributed by atoms with van der Waals surface area (Å²) in [6, 6.07) is 14.7. The predicted octanol–water partition coefficient (Wildman–Crippen LogP) is 6.13. The molecule has 0 spiro atoms. The van der Waals surface area contributed by atoms with E-state index in [1.165, 1.54) is 0 Å². The number of methoxy groups -OCH3 is 2. The number of ether oxygens (including phenoxy) is 2. The summed E-state index contributed by atoms with van der Waals surface area (Å²) in [6.45, 7) is 0. The fourth-order valence-corrected chi connectivity index (χ4v) is 3.98. The minimum absolute atomic E-state index is 0.584. The van der Waals surface area contributed by atoms with Crippen LogP contribution < -0.4 is 9.47 Å². The average molecular weight is 371 g/mol. The van der Waals surface area contributed by atoms with Crippen LogP contribution in [0.3, 0.4) is 0 Å². The van der Waals surface area contributed by atoms with Crippen LogP contribution in [0.25, 0.3) is 6.08 Å². The van der Waals surface area contributed by atoms with Crippen LogP contribution in [-0.2, 0) is 4.57 Å². The van der Waals surface area contributed by atoms with Crippen molar-refractivity contribution in [3.8, 4) is 11.5 Å². The molecule has 0 bridgehead atoms. The van der Waals surface area contributed by atoms with Gasteiger partial charge in [0, 0.05) is 0 Å². The van der Waals surface area contributed by atoms with Crippen LogP contribution in [0.2, 0.25) is 0 Å². The molecule has 3 nitrogen and oxygen atoms in total. The number of hydrogen-bond acceptors (Lipinski definition) is 3. The first kappa shape index (κ1) is 17.9. The molecule has 1 unspecified atom stereocenters. The molecule has 0 saturated carbocycles. The molecule has 23 heavy (non-hydrogen) atoms. The first-order valence-electron chi connectivity index (χ1n) is 6.89. The maximum absolute atomic E-state index is 12.2. The lowest BCUT2D eigenvalue weighted by Crippen LogP contribution is -1.92. The maximum Gasteiger partial charge on any atom is 0.264 e. The van der Waals surface area contributed by atoms with Gasteiger partial charge in [0.05, 0.1) is 19.9 Å². The van der Waals surface area contributed by atoms with Crippen molar-refractivity contribution in [1.82, 2.24) is 0 Å². The van der Waals surface area contributed by atoms with E-state index in [0.717, 1.165) is 16.9 Å². The summed E-state index contributed by atoms with van der Waals surface area (Å²) in [5.74, 6) is -1.90. The molecule has 2 aromatic carbocycles. The third-order valence-electron chi connectivity index (χ3n) is 3.37. The number of allylic oxidation sites excluding steroid dienone is 1. The van der Waals surface area contributed by atoms with E-state index in [-0.39, 0.29) is 0 Å². The fourth-order valence-electron chi connectivity index (χ4n) is 2.10. The number of benzene rings is 2. The Balaban J connectivity index is 2.27. The molecular weight excluding hydrogens is 354 g/mol. The van der Waals surface area contributed by atoms with Gasteiger partial charge in [0.25, 0.3) is 5.85 Å². The molecule has 0 saturated heterocycles. The fraction of sp³-hybridized carbons (Fsp3) is 0.176. The molecule has 1 atom stereocenters. The van der Waals surface area contributed by atoms with Gasteiger partial charge in [0.1, 0.15) is 11.5 Å². The molecule has 0 N–H and O–H groups in total. The zero-order chi connectivity index (χ0) is 16.9. The normalized spacial score (nSPS) is 13.0. The van der Waals surface area contributed by atoms with Gasteiger partial charge < -0.3 is 9.47 Å². The van der Waals surface area contributed by atoms with Gasteiger partial charge in [-0.2, -0.15) is 0 Å². The summed E-state index contributed by atoms with van der Waals surface area (Å²) in [5, 5.41) is 0. The molecule has 0 aromatic heterocycles. The lowest BCUT2D eigenvalue weighted by atomic mass is 10.1. The molecule has 0 aliphatic heterocycles. The Kier molecular flexibility index (Phi) is 6.17. The second-order valence-electron chi connectivity index (χ2n) is 4.85. The largest absolute Gasteiger partial charge is 0.497 e. The van der Waals surface area contributed by atoms with E-state index in [2.05, 4.69) is 0 Å². The van der Waals surface area contributed by atoms with E-state index in [1.807, 2.05) is 30.3 Å². The summed E-state index contributed by atoms with van der Waals surface area (Å²) in [7, 11) is 3.20. The maximum atomic E-state index is 12.2. The van der Waals surface area contributed by atoms with E-state index in [4.69, 9.17) is 32.0 Å². The first-order chi connectivity index (χ1) is 10.9. The summed E-state index contributed by atoms with van der Waals surface area (Å²) < 4.78 is 22.5. The van der Waals surface area contributed by atoms with Gasteiger partial charge in [0.2, 0.25) is 0 Å². The third-order valence-corrected chi connectivity index (χ3v) is 5.75. The van der Waals surface area contributed by atoms with E-state index in [1.54, 1.807) is 44.6 Å². The topological polar surface area (TPSA) is 35.5 Å². The van der Waals surface area contributed by atoms with Gasteiger partial charge in [-0.1, -0.05) is 36.4 Å². The number of hydrogen-bond donors (Lipinski definition) is 0. The Morgan fingerprint density at radius 3 is 1.83 bits per heavy atom. The van der Waals surface area contributed by atoms with Crippen LogP contribution in [0.15, 0.2) is 54.6 Å². The summed E-state index contributed by atoms with van der Waals surface area (Å²) >= 11 is 11.9. The van der Waals surface area contributed by atoms with E-state index in [0.29, 0.717) is 5.75 Å². The zero-order valence-corrected chi connectivity index (χ0v) is 15.2. The molecule has 0 radical (unpaired) electrons. The molecule has 122 valence electrons. The quantitative estimate of drug-likeness (QED) is 0.573. The molecule has 0 heterocycles. The van der Waals surface area contributed by atoms with Crippen molar-refractivity contribution < 1.29 is 14.0 Å². The minimum Gasteiger partial charge on any atom is -0.497 e. The van der Waals surface area contributed by atoms with Crippen LogP contribution >= 0.6 is 28.3 Å². The van der Waals surface area contributed by atoms with Gasteiger partial charge >= 0.3 is 0 Å². The van der Waals surface area contributed by atoms with Crippen molar-refractivity contribution >= 4 is 34.4 Å². The minimum atomic E-state index is -3.38. The smallest absolute Gasteiger partial charge is 0.264 e. The highest BCUT2D eigenvalue weighted by Gasteiger charge is 2.27. The van der Waals surface area contributed by atoms with Crippen molar-refractivity contribution in [2.75, 3.05) is 14.2 Å². The molecule has 2 aromatic rings. The Morgan fingerprint density at radius 1 is 0.913 bits per heavy atom. The molecule has 0 aliphatic rings. The van der Waals surface area contributed by atoms with Gasteiger partial charge in [-0.3, -0.25) is 4.57 Å². The van der Waals surface area contributed by atoms with Crippen LogP contribution in [0.4, 0.5) is 0 Å². The van der Waals surface area contributed by atoms with Crippen LogP contribution in [-0.4, -0.2) is 14.2 Å². The first-order valence-corrected chi connectivity index (χ1v) is 10.5. The van der Waals surface area contributed by atoms with Crippen LogP contribution in [0.5, 0.6) is 11.5 Å². The van der Waals surface area contributed by atoms with Gasteiger partial charge in [-0.05, 0) is 57.9 Å². The van der Waals surface area contributed by atoms with Crippen molar-refractivity contribution in [1.29, 1.82) is 0 Å². The lowest BCUT2D eigenvalue weighted by molar-refractivity contribution is 0.414. The highest BCUT2D eigenvalue weighted by Crippen LogP contribution is 2.68. The second-order valence-corrected chi connectivity index (χ2v) is 9.95. The monoisotopic (exact) mass is 370 g/mol. The third kappa shape index (κ3) is 5.04. The van der Waals surface area contributed by atoms with Crippen molar-refractivity contribution in [3.63, 3.8) is 0 Å². The molecular formula is C17H17Cl2O3P. The lowest BCUT2D eigenvalue weighted by Gasteiger charge is -2.15. The molecule has 0 fully saturated rings. The van der Waals surface area contributed by atoms with E-state index >= 15 is 0 Å². The average Bonchev–Trinajstić information content (AvgIpc) is 2.55. The Hall–Kier alpha value is -1.41.